The highest BCUT2D eigenvalue weighted by molar-refractivity contribution is 6.29. The summed E-state index contributed by atoms with van der Waals surface area (Å²) >= 11 is 5.80. The van der Waals surface area contributed by atoms with Crippen LogP contribution in [0.2, 0.25) is 5.15 Å². The van der Waals surface area contributed by atoms with E-state index in [4.69, 9.17) is 11.6 Å². The second-order valence-electron chi connectivity index (χ2n) is 5.61. The molecule has 1 heterocycles. The largest absolute Gasteiger partial charge is 0.372 e. The SMILES string of the molecule is CCN(CCCNC(=NC)NCc1ccc(Cl)nc1)c1ccccc1. The number of pyridine rings is 1. The summed E-state index contributed by atoms with van der Waals surface area (Å²) in [7, 11) is 1.78. The van der Waals surface area contributed by atoms with Crippen molar-refractivity contribution in [1.82, 2.24) is 15.6 Å². The van der Waals surface area contributed by atoms with Gasteiger partial charge in [0.05, 0.1) is 0 Å². The molecule has 0 bridgehead atoms. The number of nitrogens with one attached hydrogen (secondary N) is 2. The maximum absolute atomic E-state index is 5.80. The van der Waals surface area contributed by atoms with Crippen molar-refractivity contribution in [2.24, 2.45) is 4.99 Å². The normalized spacial score (nSPS) is 11.2. The number of aliphatic imine (C=N–C) groups is 1. The van der Waals surface area contributed by atoms with Gasteiger partial charge in [-0.25, -0.2) is 4.98 Å². The third-order valence-corrected chi connectivity index (χ3v) is 4.10. The van der Waals surface area contributed by atoms with Gasteiger partial charge in [0.25, 0.3) is 0 Å². The van der Waals surface area contributed by atoms with Crippen LogP contribution in [0.1, 0.15) is 18.9 Å². The lowest BCUT2D eigenvalue weighted by molar-refractivity contribution is 0.708. The molecule has 2 N–H and O–H groups in total. The van der Waals surface area contributed by atoms with Crippen molar-refractivity contribution in [2.45, 2.75) is 19.9 Å². The van der Waals surface area contributed by atoms with Crippen LogP contribution in [0.25, 0.3) is 0 Å². The van der Waals surface area contributed by atoms with Gasteiger partial charge in [-0.05, 0) is 37.1 Å². The molecule has 2 rings (SSSR count). The fraction of sp³-hybridized carbons (Fsp3) is 0.368. The number of guanidine groups is 1. The van der Waals surface area contributed by atoms with Crippen LogP contribution in [0.4, 0.5) is 5.69 Å². The first-order valence-electron chi connectivity index (χ1n) is 8.58. The Bertz CT molecular complexity index is 643. The molecular formula is C19H26ClN5. The van der Waals surface area contributed by atoms with Gasteiger partial charge in [0.1, 0.15) is 5.15 Å². The molecule has 0 saturated heterocycles. The highest BCUT2D eigenvalue weighted by Crippen LogP contribution is 2.12. The van der Waals surface area contributed by atoms with Gasteiger partial charge < -0.3 is 15.5 Å². The van der Waals surface area contributed by atoms with E-state index in [0.717, 1.165) is 37.6 Å². The molecule has 2 aromatic rings. The third-order valence-electron chi connectivity index (χ3n) is 3.87. The van der Waals surface area contributed by atoms with Gasteiger partial charge in [0.15, 0.2) is 5.96 Å². The van der Waals surface area contributed by atoms with E-state index < -0.39 is 0 Å². The number of aromatic nitrogens is 1. The second-order valence-corrected chi connectivity index (χ2v) is 6.00. The average Bonchev–Trinajstić information content (AvgIpc) is 2.66. The molecule has 25 heavy (non-hydrogen) atoms. The van der Waals surface area contributed by atoms with Crippen LogP contribution in [0, 0.1) is 0 Å². The minimum Gasteiger partial charge on any atom is -0.372 e. The molecule has 0 spiro atoms. The summed E-state index contributed by atoms with van der Waals surface area (Å²) in [5.74, 6) is 0.790. The Hall–Kier alpha value is -2.27. The molecule has 0 atom stereocenters. The predicted octanol–water partition coefficient (Wildman–Crippen LogP) is 3.32. The van der Waals surface area contributed by atoms with Crippen LogP contribution in [0.15, 0.2) is 53.7 Å². The van der Waals surface area contributed by atoms with Crippen LogP contribution >= 0.6 is 11.6 Å². The molecule has 1 aromatic heterocycles. The Kier molecular flexibility index (Phi) is 8.05. The molecule has 0 aliphatic rings. The summed E-state index contributed by atoms with van der Waals surface area (Å²) in [5.41, 5.74) is 2.33. The van der Waals surface area contributed by atoms with Crippen molar-refractivity contribution < 1.29 is 0 Å². The second kappa shape index (κ2) is 10.6. The lowest BCUT2D eigenvalue weighted by Crippen LogP contribution is -2.38. The molecule has 0 radical (unpaired) electrons. The number of para-hydroxylation sites is 1. The summed E-state index contributed by atoms with van der Waals surface area (Å²) < 4.78 is 0. The van der Waals surface area contributed by atoms with Crippen LogP contribution in [0.3, 0.4) is 0 Å². The fourth-order valence-corrected chi connectivity index (χ4v) is 2.61. The molecular weight excluding hydrogens is 334 g/mol. The van der Waals surface area contributed by atoms with E-state index in [1.807, 2.05) is 12.1 Å². The first-order chi connectivity index (χ1) is 12.2. The lowest BCUT2D eigenvalue weighted by atomic mass is 10.2. The van der Waals surface area contributed by atoms with Gasteiger partial charge in [-0.15, -0.1) is 0 Å². The minimum absolute atomic E-state index is 0.505. The molecule has 5 nitrogen and oxygen atoms in total. The summed E-state index contributed by atoms with van der Waals surface area (Å²) in [6.45, 7) is 5.71. The van der Waals surface area contributed by atoms with Crippen molar-refractivity contribution in [3.63, 3.8) is 0 Å². The zero-order chi connectivity index (χ0) is 17.9. The number of rotatable bonds is 8. The van der Waals surface area contributed by atoms with E-state index in [1.165, 1.54) is 5.69 Å². The van der Waals surface area contributed by atoms with Crippen molar-refractivity contribution >= 4 is 23.2 Å². The zero-order valence-electron chi connectivity index (χ0n) is 14.9. The van der Waals surface area contributed by atoms with Gasteiger partial charge in [-0.2, -0.15) is 0 Å². The van der Waals surface area contributed by atoms with Gasteiger partial charge >= 0.3 is 0 Å². The van der Waals surface area contributed by atoms with Crippen LogP contribution < -0.4 is 15.5 Å². The Morgan fingerprint density at radius 2 is 1.96 bits per heavy atom. The monoisotopic (exact) mass is 359 g/mol. The molecule has 6 heteroatoms. The average molecular weight is 360 g/mol. The number of nitrogens with zero attached hydrogens (tertiary/aromatic N) is 3. The third kappa shape index (κ3) is 6.63. The van der Waals surface area contributed by atoms with E-state index in [2.05, 4.69) is 56.7 Å². The first-order valence-corrected chi connectivity index (χ1v) is 8.95. The molecule has 134 valence electrons. The maximum atomic E-state index is 5.80. The highest BCUT2D eigenvalue weighted by atomic mass is 35.5. The fourth-order valence-electron chi connectivity index (χ4n) is 2.50. The Morgan fingerprint density at radius 1 is 1.16 bits per heavy atom. The quantitative estimate of drug-likeness (QED) is 0.328. The number of benzene rings is 1. The van der Waals surface area contributed by atoms with Crippen molar-refractivity contribution in [3.05, 3.63) is 59.4 Å². The highest BCUT2D eigenvalue weighted by Gasteiger charge is 2.04. The van der Waals surface area contributed by atoms with E-state index in [9.17, 15) is 0 Å². The molecule has 0 saturated carbocycles. The lowest BCUT2D eigenvalue weighted by Gasteiger charge is -2.23. The van der Waals surface area contributed by atoms with Crippen molar-refractivity contribution in [1.29, 1.82) is 0 Å². The summed E-state index contributed by atoms with van der Waals surface area (Å²) in [6, 6.07) is 14.2. The van der Waals surface area contributed by atoms with E-state index in [-0.39, 0.29) is 0 Å². The number of anilines is 1. The van der Waals surface area contributed by atoms with Crippen LogP contribution in [-0.2, 0) is 6.54 Å². The summed E-state index contributed by atoms with van der Waals surface area (Å²) in [5, 5.41) is 7.13. The first kappa shape index (κ1) is 19.1. The number of hydrogen-bond donors (Lipinski definition) is 2. The molecule has 0 unspecified atom stereocenters. The maximum Gasteiger partial charge on any atom is 0.191 e. The smallest absolute Gasteiger partial charge is 0.191 e. The summed E-state index contributed by atoms with van der Waals surface area (Å²) in [6.07, 6.45) is 2.80. The minimum atomic E-state index is 0.505. The van der Waals surface area contributed by atoms with Gasteiger partial charge in [0.2, 0.25) is 0 Å². The molecule has 1 aromatic carbocycles. The zero-order valence-corrected chi connectivity index (χ0v) is 15.6. The molecule has 0 aliphatic carbocycles. The molecule has 0 amide bonds. The predicted molar refractivity (Wildman–Crippen MR) is 106 cm³/mol. The van der Waals surface area contributed by atoms with Crippen molar-refractivity contribution in [2.75, 3.05) is 31.6 Å². The Labute approximate surface area is 155 Å². The Morgan fingerprint density at radius 3 is 2.60 bits per heavy atom. The van der Waals surface area contributed by atoms with E-state index in [0.29, 0.717) is 11.7 Å². The van der Waals surface area contributed by atoms with E-state index >= 15 is 0 Å². The molecule has 0 aliphatic heterocycles. The van der Waals surface area contributed by atoms with Crippen molar-refractivity contribution in [3.8, 4) is 0 Å². The Balaban J connectivity index is 1.71. The topological polar surface area (TPSA) is 52.5 Å². The standard InChI is InChI=1S/C19H26ClN5/c1-3-25(17-8-5-4-6-9-17)13-7-12-22-19(21-2)24-15-16-10-11-18(20)23-14-16/h4-6,8-11,14H,3,7,12-13,15H2,1-2H3,(H2,21,22,24). The van der Waals surface area contributed by atoms with E-state index in [1.54, 1.807) is 19.3 Å². The van der Waals surface area contributed by atoms with Gasteiger partial charge in [-0.1, -0.05) is 35.9 Å². The summed E-state index contributed by atoms with van der Waals surface area (Å²) in [4.78, 5) is 10.7. The van der Waals surface area contributed by atoms with Crippen LogP contribution in [0.5, 0.6) is 0 Å². The van der Waals surface area contributed by atoms with Gasteiger partial charge in [-0.3, -0.25) is 4.99 Å². The molecule has 0 fully saturated rings. The van der Waals surface area contributed by atoms with Crippen LogP contribution in [-0.4, -0.2) is 37.6 Å². The van der Waals surface area contributed by atoms with Gasteiger partial charge in [0, 0.05) is 45.1 Å². The number of halogens is 1. The number of hydrogen-bond acceptors (Lipinski definition) is 3.